The number of imidazole rings is 1. The van der Waals surface area contributed by atoms with E-state index in [1.807, 2.05) is 30.3 Å². The van der Waals surface area contributed by atoms with Gasteiger partial charge in [0.1, 0.15) is 5.69 Å². The highest BCUT2D eigenvalue weighted by Gasteiger charge is 2.08. The molecule has 0 saturated heterocycles. The van der Waals surface area contributed by atoms with E-state index >= 15 is 0 Å². The van der Waals surface area contributed by atoms with E-state index in [0.717, 1.165) is 5.56 Å². The quantitative estimate of drug-likeness (QED) is 0.744. The van der Waals surface area contributed by atoms with Gasteiger partial charge in [-0.1, -0.05) is 30.3 Å². The van der Waals surface area contributed by atoms with Gasteiger partial charge in [-0.15, -0.1) is 0 Å². The molecule has 0 bridgehead atoms. The Bertz CT molecular complexity index is 464. The van der Waals surface area contributed by atoms with Crippen molar-refractivity contribution < 1.29 is 4.79 Å². The Hall–Kier alpha value is -1.61. The lowest BCUT2D eigenvalue weighted by Crippen LogP contribution is -2.05. The number of carbonyl (C=O) groups excluding carboxylic acids is 1. The number of halogens is 1. The zero-order chi connectivity index (χ0) is 10.7. The van der Waals surface area contributed by atoms with Crippen molar-refractivity contribution in [1.82, 2.24) is 9.55 Å². The molecular formula is C11H9ClN2O. The Morgan fingerprint density at radius 2 is 2.07 bits per heavy atom. The number of benzene rings is 1. The predicted octanol–water partition coefficient (Wildman–Crippen LogP) is 2.31. The van der Waals surface area contributed by atoms with Crippen LogP contribution in [-0.2, 0) is 6.54 Å². The fraction of sp³-hybridized carbons (Fsp3) is 0.0909. The van der Waals surface area contributed by atoms with Gasteiger partial charge in [0.2, 0.25) is 0 Å². The van der Waals surface area contributed by atoms with Crippen molar-refractivity contribution in [1.29, 1.82) is 0 Å². The topological polar surface area (TPSA) is 34.9 Å². The SMILES string of the molecule is O=C(Cl)c1cncn1Cc1ccccc1. The lowest BCUT2D eigenvalue weighted by molar-refractivity contribution is 0.107. The molecule has 0 fully saturated rings. The summed E-state index contributed by atoms with van der Waals surface area (Å²) in [7, 11) is 0. The van der Waals surface area contributed by atoms with Crippen LogP contribution in [0.2, 0.25) is 0 Å². The Kier molecular flexibility index (Phi) is 2.83. The molecule has 4 heteroatoms. The molecule has 0 atom stereocenters. The van der Waals surface area contributed by atoms with Gasteiger partial charge in [-0.05, 0) is 17.2 Å². The van der Waals surface area contributed by atoms with Gasteiger partial charge in [-0.2, -0.15) is 0 Å². The molecule has 0 aliphatic carbocycles. The van der Waals surface area contributed by atoms with Crippen molar-refractivity contribution in [2.24, 2.45) is 0 Å². The second kappa shape index (κ2) is 4.28. The van der Waals surface area contributed by atoms with E-state index < -0.39 is 5.24 Å². The second-order valence-corrected chi connectivity index (χ2v) is 3.51. The monoisotopic (exact) mass is 220 g/mol. The van der Waals surface area contributed by atoms with Crippen LogP contribution in [-0.4, -0.2) is 14.8 Å². The van der Waals surface area contributed by atoms with Gasteiger partial charge >= 0.3 is 0 Å². The first-order chi connectivity index (χ1) is 7.27. The molecule has 1 aromatic heterocycles. The number of hydrogen-bond donors (Lipinski definition) is 0. The third-order valence-electron chi connectivity index (χ3n) is 2.11. The van der Waals surface area contributed by atoms with E-state index in [9.17, 15) is 4.79 Å². The smallest absolute Gasteiger partial charge is 0.270 e. The van der Waals surface area contributed by atoms with Gasteiger partial charge in [0.15, 0.2) is 0 Å². The number of nitrogens with zero attached hydrogens (tertiary/aromatic N) is 2. The average molecular weight is 221 g/mol. The van der Waals surface area contributed by atoms with Crippen LogP contribution in [0.3, 0.4) is 0 Å². The maximum absolute atomic E-state index is 11.0. The lowest BCUT2D eigenvalue weighted by atomic mass is 10.2. The van der Waals surface area contributed by atoms with Gasteiger partial charge < -0.3 is 4.57 Å². The molecule has 0 radical (unpaired) electrons. The number of carbonyl (C=O) groups is 1. The van der Waals surface area contributed by atoms with Crippen LogP contribution in [0.5, 0.6) is 0 Å². The van der Waals surface area contributed by atoms with E-state index in [1.54, 1.807) is 10.9 Å². The van der Waals surface area contributed by atoms with Gasteiger partial charge in [-0.25, -0.2) is 4.98 Å². The lowest BCUT2D eigenvalue weighted by Gasteiger charge is -2.04. The maximum atomic E-state index is 11.0. The summed E-state index contributed by atoms with van der Waals surface area (Å²) in [5, 5.41) is -0.483. The molecule has 0 spiro atoms. The largest absolute Gasteiger partial charge is 0.323 e. The summed E-state index contributed by atoms with van der Waals surface area (Å²) in [4.78, 5) is 14.9. The molecule has 3 nitrogen and oxygen atoms in total. The van der Waals surface area contributed by atoms with Gasteiger partial charge in [0.05, 0.1) is 12.5 Å². The highest BCUT2D eigenvalue weighted by molar-refractivity contribution is 6.67. The van der Waals surface area contributed by atoms with Crippen molar-refractivity contribution in [3.05, 3.63) is 54.1 Å². The van der Waals surface area contributed by atoms with Crippen LogP contribution < -0.4 is 0 Å². The van der Waals surface area contributed by atoms with Gasteiger partial charge in [0, 0.05) is 6.54 Å². The summed E-state index contributed by atoms with van der Waals surface area (Å²) in [6.07, 6.45) is 3.07. The molecule has 0 amide bonds. The Labute approximate surface area is 92.3 Å². The Morgan fingerprint density at radius 1 is 1.33 bits per heavy atom. The van der Waals surface area contributed by atoms with Crippen molar-refractivity contribution in [2.45, 2.75) is 6.54 Å². The molecule has 0 unspecified atom stereocenters. The fourth-order valence-corrected chi connectivity index (χ4v) is 1.55. The zero-order valence-electron chi connectivity index (χ0n) is 7.93. The molecule has 2 rings (SSSR count). The van der Waals surface area contributed by atoms with E-state index in [1.165, 1.54) is 6.20 Å². The minimum atomic E-state index is -0.483. The minimum absolute atomic E-state index is 0.417. The summed E-state index contributed by atoms with van der Waals surface area (Å²) >= 11 is 5.42. The molecule has 0 N–H and O–H groups in total. The van der Waals surface area contributed by atoms with E-state index in [4.69, 9.17) is 11.6 Å². The summed E-state index contributed by atoms with van der Waals surface area (Å²) < 4.78 is 1.73. The first-order valence-corrected chi connectivity index (χ1v) is 4.89. The minimum Gasteiger partial charge on any atom is -0.323 e. The molecule has 0 saturated carbocycles. The summed E-state index contributed by atoms with van der Waals surface area (Å²) in [6, 6.07) is 9.83. The Balaban J connectivity index is 2.25. The van der Waals surface area contributed by atoms with Gasteiger partial charge in [-0.3, -0.25) is 4.79 Å². The molecule has 0 aliphatic heterocycles. The molecule has 2 aromatic rings. The summed E-state index contributed by atoms with van der Waals surface area (Å²) in [5.74, 6) is 0. The van der Waals surface area contributed by atoms with Crippen LogP contribution >= 0.6 is 11.6 Å². The van der Waals surface area contributed by atoms with Crippen molar-refractivity contribution in [3.63, 3.8) is 0 Å². The zero-order valence-corrected chi connectivity index (χ0v) is 8.69. The second-order valence-electron chi connectivity index (χ2n) is 3.17. The third-order valence-corrected chi connectivity index (χ3v) is 2.30. The highest BCUT2D eigenvalue weighted by Crippen LogP contribution is 2.07. The first-order valence-electron chi connectivity index (χ1n) is 4.51. The average Bonchev–Trinajstić information content (AvgIpc) is 2.67. The summed E-state index contributed by atoms with van der Waals surface area (Å²) in [6.45, 7) is 0.606. The van der Waals surface area contributed by atoms with Crippen LogP contribution in [0.1, 0.15) is 16.1 Å². The highest BCUT2D eigenvalue weighted by atomic mass is 35.5. The standard InChI is InChI=1S/C11H9ClN2O/c12-11(15)10-6-13-8-14(10)7-9-4-2-1-3-5-9/h1-6,8H,7H2. The molecule has 15 heavy (non-hydrogen) atoms. The van der Waals surface area contributed by atoms with E-state index in [0.29, 0.717) is 12.2 Å². The maximum Gasteiger partial charge on any atom is 0.270 e. The number of rotatable bonds is 3. The van der Waals surface area contributed by atoms with E-state index in [2.05, 4.69) is 4.98 Å². The molecule has 1 heterocycles. The van der Waals surface area contributed by atoms with Crippen molar-refractivity contribution in [2.75, 3.05) is 0 Å². The fourth-order valence-electron chi connectivity index (χ4n) is 1.39. The third kappa shape index (κ3) is 2.25. The normalized spacial score (nSPS) is 10.2. The number of aromatic nitrogens is 2. The van der Waals surface area contributed by atoms with Crippen LogP contribution in [0.25, 0.3) is 0 Å². The van der Waals surface area contributed by atoms with Crippen LogP contribution in [0, 0.1) is 0 Å². The first kappa shape index (κ1) is 9.93. The Morgan fingerprint density at radius 3 is 2.73 bits per heavy atom. The van der Waals surface area contributed by atoms with Crippen molar-refractivity contribution in [3.8, 4) is 0 Å². The molecule has 0 aliphatic rings. The summed E-state index contributed by atoms with van der Waals surface area (Å²) in [5.41, 5.74) is 1.52. The van der Waals surface area contributed by atoms with E-state index in [-0.39, 0.29) is 0 Å². The van der Waals surface area contributed by atoms with Crippen molar-refractivity contribution >= 4 is 16.8 Å². The van der Waals surface area contributed by atoms with Gasteiger partial charge in [0.25, 0.3) is 5.24 Å². The number of hydrogen-bond acceptors (Lipinski definition) is 2. The molecule has 1 aromatic carbocycles. The molecule has 76 valence electrons. The molecular weight excluding hydrogens is 212 g/mol. The van der Waals surface area contributed by atoms with Crippen LogP contribution in [0.4, 0.5) is 0 Å². The van der Waals surface area contributed by atoms with Crippen LogP contribution in [0.15, 0.2) is 42.9 Å². The predicted molar refractivity (Wildman–Crippen MR) is 58.0 cm³/mol.